The number of hydrogen-bond acceptors (Lipinski definition) is 3. The first-order chi connectivity index (χ1) is 12.2. The molecule has 134 valence electrons. The molecule has 1 saturated heterocycles. The molecule has 1 aliphatic carbocycles. The zero-order valence-electron chi connectivity index (χ0n) is 14.8. The number of nitrogens with zero attached hydrogens (tertiary/aromatic N) is 3. The number of para-hydroxylation sites is 2. The maximum absolute atomic E-state index is 12.6. The number of fused-ring (bicyclic) bond motifs is 1. The Bertz CT molecular complexity index is 834. The van der Waals surface area contributed by atoms with Crippen LogP contribution in [-0.2, 0) is 17.9 Å². The van der Waals surface area contributed by atoms with Gasteiger partial charge in [0.25, 0.3) is 0 Å². The van der Waals surface area contributed by atoms with E-state index >= 15 is 0 Å². The average Bonchev–Trinajstić information content (AvgIpc) is 3.25. The molecule has 1 saturated carbocycles. The Kier molecular flexibility index (Phi) is 4.37. The van der Waals surface area contributed by atoms with Crippen LogP contribution in [0.2, 0.25) is 0 Å². The van der Waals surface area contributed by atoms with Crippen molar-refractivity contribution >= 4 is 16.9 Å². The first-order valence-corrected chi connectivity index (χ1v) is 9.35. The van der Waals surface area contributed by atoms with E-state index in [1.165, 1.54) is 19.4 Å². The summed E-state index contributed by atoms with van der Waals surface area (Å²) in [5.74, 6) is 0.813. The third-order valence-electron chi connectivity index (χ3n) is 5.39. The first-order valence-electron chi connectivity index (χ1n) is 9.35. The van der Waals surface area contributed by atoms with Gasteiger partial charge in [-0.05, 0) is 44.2 Å². The minimum absolute atomic E-state index is 0.0700. The van der Waals surface area contributed by atoms with E-state index in [9.17, 15) is 9.59 Å². The van der Waals surface area contributed by atoms with Gasteiger partial charge in [-0.3, -0.25) is 13.9 Å². The summed E-state index contributed by atoms with van der Waals surface area (Å²) < 4.78 is 3.31. The van der Waals surface area contributed by atoms with Crippen LogP contribution >= 0.6 is 0 Å². The van der Waals surface area contributed by atoms with Crippen LogP contribution in [-0.4, -0.2) is 45.6 Å². The number of nitrogens with one attached hydrogen (secondary N) is 1. The lowest BCUT2D eigenvalue weighted by Gasteiger charge is -2.16. The molecule has 0 bridgehead atoms. The molecule has 1 aromatic heterocycles. The van der Waals surface area contributed by atoms with E-state index in [2.05, 4.69) is 10.2 Å². The lowest BCUT2D eigenvalue weighted by molar-refractivity contribution is -0.122. The summed E-state index contributed by atoms with van der Waals surface area (Å²) in [6.45, 7) is 5.82. The number of hydrogen-bond donors (Lipinski definition) is 1. The minimum Gasteiger partial charge on any atom is -0.350 e. The van der Waals surface area contributed by atoms with Crippen LogP contribution in [0.4, 0.5) is 0 Å². The quantitative estimate of drug-likeness (QED) is 0.864. The van der Waals surface area contributed by atoms with Crippen LogP contribution in [0.3, 0.4) is 0 Å². The fourth-order valence-electron chi connectivity index (χ4n) is 3.93. The summed E-state index contributed by atoms with van der Waals surface area (Å²) in [6, 6.07) is 7.88. The Labute approximate surface area is 147 Å². The predicted molar refractivity (Wildman–Crippen MR) is 97.6 cm³/mol. The van der Waals surface area contributed by atoms with Crippen LogP contribution in [0.15, 0.2) is 29.1 Å². The van der Waals surface area contributed by atoms with Crippen molar-refractivity contribution in [2.75, 3.05) is 19.6 Å². The highest BCUT2D eigenvalue weighted by atomic mass is 16.2. The summed E-state index contributed by atoms with van der Waals surface area (Å²) in [7, 11) is 0. The third-order valence-corrected chi connectivity index (χ3v) is 5.39. The van der Waals surface area contributed by atoms with Crippen molar-refractivity contribution in [1.82, 2.24) is 19.4 Å². The zero-order chi connectivity index (χ0) is 17.4. The van der Waals surface area contributed by atoms with Crippen LogP contribution < -0.4 is 11.0 Å². The average molecular weight is 342 g/mol. The number of imidazole rings is 1. The molecule has 1 aliphatic heterocycles. The number of carbonyl (C=O) groups excluding carboxylic acids is 1. The number of likely N-dealkylation sites (tertiary alicyclic amines) is 1. The minimum atomic E-state index is -0.111. The van der Waals surface area contributed by atoms with Gasteiger partial charge in [-0.1, -0.05) is 12.1 Å². The Morgan fingerprint density at radius 3 is 2.56 bits per heavy atom. The SMILES string of the molecule is CCn1c(=O)n(CC(=O)NC2CCN(CC3CC3)C2)c2ccccc21. The summed E-state index contributed by atoms with van der Waals surface area (Å²) in [5.41, 5.74) is 1.60. The van der Waals surface area contributed by atoms with Gasteiger partial charge < -0.3 is 10.2 Å². The topological polar surface area (TPSA) is 59.3 Å². The van der Waals surface area contributed by atoms with Crippen molar-refractivity contribution in [1.29, 1.82) is 0 Å². The van der Waals surface area contributed by atoms with Gasteiger partial charge in [0.1, 0.15) is 6.54 Å². The number of rotatable bonds is 6. The van der Waals surface area contributed by atoms with Crippen molar-refractivity contribution in [2.45, 2.75) is 45.3 Å². The highest BCUT2D eigenvalue weighted by Gasteiger charge is 2.29. The molecule has 0 spiro atoms. The fraction of sp³-hybridized carbons (Fsp3) is 0.579. The van der Waals surface area contributed by atoms with Gasteiger partial charge in [0.05, 0.1) is 11.0 Å². The molecule has 1 aromatic carbocycles. The van der Waals surface area contributed by atoms with E-state index in [1.54, 1.807) is 9.13 Å². The summed E-state index contributed by atoms with van der Waals surface area (Å²) >= 11 is 0. The van der Waals surface area contributed by atoms with Gasteiger partial charge in [-0.15, -0.1) is 0 Å². The monoisotopic (exact) mass is 342 g/mol. The highest BCUT2D eigenvalue weighted by molar-refractivity contribution is 5.81. The lowest BCUT2D eigenvalue weighted by Crippen LogP contribution is -2.40. The van der Waals surface area contributed by atoms with E-state index in [0.717, 1.165) is 36.5 Å². The second-order valence-electron chi connectivity index (χ2n) is 7.36. The molecular weight excluding hydrogens is 316 g/mol. The largest absolute Gasteiger partial charge is 0.350 e. The van der Waals surface area contributed by atoms with E-state index < -0.39 is 0 Å². The maximum Gasteiger partial charge on any atom is 0.329 e. The third kappa shape index (κ3) is 3.35. The smallest absolute Gasteiger partial charge is 0.329 e. The molecule has 1 N–H and O–H groups in total. The molecule has 2 heterocycles. The first kappa shape index (κ1) is 16.4. The Hall–Kier alpha value is -2.08. The Morgan fingerprint density at radius 2 is 1.88 bits per heavy atom. The molecule has 2 aliphatic rings. The molecular formula is C19H26N4O2. The van der Waals surface area contributed by atoms with Crippen LogP contribution in [0.25, 0.3) is 11.0 Å². The molecule has 2 fully saturated rings. The van der Waals surface area contributed by atoms with E-state index in [1.807, 2.05) is 31.2 Å². The van der Waals surface area contributed by atoms with Gasteiger partial charge >= 0.3 is 5.69 Å². The summed E-state index contributed by atoms with van der Waals surface area (Å²) in [5, 5.41) is 3.12. The molecule has 2 aromatic rings. The van der Waals surface area contributed by atoms with Crippen LogP contribution in [0.1, 0.15) is 26.2 Å². The number of benzene rings is 1. The fourth-order valence-corrected chi connectivity index (χ4v) is 3.93. The normalized spacial score (nSPS) is 21.1. The van der Waals surface area contributed by atoms with E-state index in [4.69, 9.17) is 0 Å². The molecule has 1 amide bonds. The number of amides is 1. The second kappa shape index (κ2) is 6.67. The van der Waals surface area contributed by atoms with Gasteiger partial charge in [0.2, 0.25) is 5.91 Å². The van der Waals surface area contributed by atoms with Crippen LogP contribution in [0, 0.1) is 5.92 Å². The summed E-state index contributed by atoms with van der Waals surface area (Å²) in [6.07, 6.45) is 3.72. The van der Waals surface area contributed by atoms with Crippen LogP contribution in [0.5, 0.6) is 0 Å². The van der Waals surface area contributed by atoms with Gasteiger partial charge in [-0.25, -0.2) is 4.79 Å². The number of aryl methyl sites for hydroxylation is 1. The predicted octanol–water partition coefficient (Wildman–Crippen LogP) is 1.42. The number of carbonyl (C=O) groups is 1. The number of aromatic nitrogens is 2. The maximum atomic E-state index is 12.6. The molecule has 1 atom stereocenters. The van der Waals surface area contributed by atoms with Crippen molar-refractivity contribution in [3.63, 3.8) is 0 Å². The molecule has 4 rings (SSSR count). The summed E-state index contributed by atoms with van der Waals surface area (Å²) in [4.78, 5) is 27.6. The van der Waals surface area contributed by atoms with Gasteiger partial charge in [-0.2, -0.15) is 0 Å². The Balaban J connectivity index is 1.43. The molecule has 25 heavy (non-hydrogen) atoms. The Morgan fingerprint density at radius 1 is 1.16 bits per heavy atom. The van der Waals surface area contributed by atoms with Gasteiger partial charge in [0, 0.05) is 32.2 Å². The highest BCUT2D eigenvalue weighted by Crippen LogP contribution is 2.30. The second-order valence-corrected chi connectivity index (χ2v) is 7.36. The van der Waals surface area contributed by atoms with Gasteiger partial charge in [0.15, 0.2) is 0 Å². The molecule has 0 radical (unpaired) electrons. The van der Waals surface area contributed by atoms with Crippen molar-refractivity contribution in [3.05, 3.63) is 34.7 Å². The lowest BCUT2D eigenvalue weighted by atomic mass is 10.2. The molecule has 6 heteroatoms. The van der Waals surface area contributed by atoms with Crippen molar-refractivity contribution < 1.29 is 4.79 Å². The standard InChI is InChI=1S/C19H26N4O2/c1-2-22-16-5-3-4-6-17(16)23(19(22)25)13-18(24)20-15-9-10-21(12-15)11-14-7-8-14/h3-6,14-15H,2,7-13H2,1H3,(H,20,24). The van der Waals surface area contributed by atoms with E-state index in [-0.39, 0.29) is 24.2 Å². The molecule has 1 unspecified atom stereocenters. The van der Waals surface area contributed by atoms with Crippen molar-refractivity contribution in [3.8, 4) is 0 Å². The van der Waals surface area contributed by atoms with E-state index in [0.29, 0.717) is 6.54 Å². The molecule has 6 nitrogen and oxygen atoms in total. The van der Waals surface area contributed by atoms with Crippen molar-refractivity contribution in [2.24, 2.45) is 5.92 Å². The zero-order valence-corrected chi connectivity index (χ0v) is 14.8.